The summed E-state index contributed by atoms with van der Waals surface area (Å²) in [6.45, 7) is 1.53. The Bertz CT molecular complexity index is 797. The first-order valence-electron chi connectivity index (χ1n) is 7.72. The van der Waals surface area contributed by atoms with Gasteiger partial charge in [-0.2, -0.15) is 5.10 Å². The lowest BCUT2D eigenvalue weighted by Gasteiger charge is -2.08. The first-order chi connectivity index (χ1) is 11.3. The summed E-state index contributed by atoms with van der Waals surface area (Å²) in [6.07, 6.45) is 5.81. The Hall–Kier alpha value is -2.60. The van der Waals surface area contributed by atoms with Crippen LogP contribution in [0.5, 0.6) is 0 Å². The second-order valence-electron chi connectivity index (χ2n) is 5.69. The molecule has 1 N–H and O–H groups in total. The van der Waals surface area contributed by atoms with Crippen LogP contribution in [0.25, 0.3) is 11.0 Å². The summed E-state index contributed by atoms with van der Waals surface area (Å²) >= 11 is 0. The van der Waals surface area contributed by atoms with E-state index in [1.807, 2.05) is 30.5 Å². The summed E-state index contributed by atoms with van der Waals surface area (Å²) in [7, 11) is 0. The van der Waals surface area contributed by atoms with Crippen molar-refractivity contribution in [3.8, 4) is 0 Å². The van der Waals surface area contributed by atoms with Gasteiger partial charge in [-0.15, -0.1) is 0 Å². The van der Waals surface area contributed by atoms with Crippen molar-refractivity contribution in [3.05, 3.63) is 48.5 Å². The fraction of sp³-hybridized carbons (Fsp3) is 0.294. The third-order valence-corrected chi connectivity index (χ3v) is 3.96. The number of nitrogens with one attached hydrogen (secondary N) is 1. The second-order valence-corrected chi connectivity index (χ2v) is 5.69. The Kier molecular flexibility index (Phi) is 3.59. The minimum Gasteiger partial charge on any atom is -0.451 e. The van der Waals surface area contributed by atoms with Crippen molar-refractivity contribution in [1.29, 1.82) is 0 Å². The normalized spacial score (nSPS) is 17.7. The molecule has 118 valence electrons. The van der Waals surface area contributed by atoms with E-state index in [-0.39, 0.29) is 17.8 Å². The molecule has 1 unspecified atom stereocenters. The maximum atomic E-state index is 12.3. The molecule has 1 saturated heterocycles. The van der Waals surface area contributed by atoms with E-state index in [1.54, 1.807) is 16.9 Å². The average Bonchev–Trinajstić information content (AvgIpc) is 3.28. The first-order valence-corrected chi connectivity index (χ1v) is 7.72. The Morgan fingerprint density at radius 3 is 3.13 bits per heavy atom. The highest BCUT2D eigenvalue weighted by molar-refractivity contribution is 6.04. The van der Waals surface area contributed by atoms with E-state index < -0.39 is 0 Å². The lowest BCUT2D eigenvalue weighted by molar-refractivity contribution is 0.0940. The molecule has 1 fully saturated rings. The number of ether oxygens (including phenoxy) is 1. The van der Waals surface area contributed by atoms with Crippen LogP contribution < -0.4 is 5.32 Å². The topological polar surface area (TPSA) is 69.3 Å². The van der Waals surface area contributed by atoms with E-state index in [4.69, 9.17) is 9.15 Å². The molecule has 4 rings (SSSR count). The SMILES string of the molecule is O=C(Nc1cnn(CC2CCCO2)c1)c1cc2ccccc2o1. The molecule has 1 aliphatic heterocycles. The lowest BCUT2D eigenvalue weighted by atomic mass is 10.2. The zero-order valence-corrected chi connectivity index (χ0v) is 12.6. The summed E-state index contributed by atoms with van der Waals surface area (Å²) < 4.78 is 12.9. The van der Waals surface area contributed by atoms with E-state index >= 15 is 0 Å². The molecule has 0 aliphatic carbocycles. The van der Waals surface area contributed by atoms with Gasteiger partial charge in [-0.1, -0.05) is 18.2 Å². The van der Waals surface area contributed by atoms with Gasteiger partial charge in [0, 0.05) is 18.2 Å². The smallest absolute Gasteiger partial charge is 0.291 e. The number of anilines is 1. The van der Waals surface area contributed by atoms with Crippen LogP contribution in [-0.2, 0) is 11.3 Å². The van der Waals surface area contributed by atoms with Crippen molar-refractivity contribution in [2.45, 2.75) is 25.5 Å². The Balaban J connectivity index is 1.44. The molecule has 6 nitrogen and oxygen atoms in total. The molecule has 6 heteroatoms. The van der Waals surface area contributed by atoms with Crippen LogP contribution in [0.2, 0.25) is 0 Å². The number of hydrogen-bond acceptors (Lipinski definition) is 4. The van der Waals surface area contributed by atoms with Gasteiger partial charge in [0.05, 0.1) is 24.5 Å². The predicted octanol–water partition coefficient (Wildman–Crippen LogP) is 3.06. The molecule has 3 heterocycles. The van der Waals surface area contributed by atoms with Gasteiger partial charge in [0.2, 0.25) is 0 Å². The third-order valence-electron chi connectivity index (χ3n) is 3.96. The lowest BCUT2D eigenvalue weighted by Crippen LogP contribution is -2.15. The maximum Gasteiger partial charge on any atom is 0.291 e. The average molecular weight is 311 g/mol. The van der Waals surface area contributed by atoms with Gasteiger partial charge in [-0.3, -0.25) is 9.48 Å². The molecule has 23 heavy (non-hydrogen) atoms. The number of rotatable bonds is 4. The molecule has 2 aromatic heterocycles. The van der Waals surface area contributed by atoms with Crippen molar-refractivity contribution in [1.82, 2.24) is 9.78 Å². The molecule has 0 spiro atoms. The molecular weight excluding hydrogens is 294 g/mol. The number of carbonyl (C=O) groups excluding carboxylic acids is 1. The number of aromatic nitrogens is 2. The molecule has 1 amide bonds. The number of fused-ring (bicyclic) bond motifs is 1. The van der Waals surface area contributed by atoms with E-state index in [0.29, 0.717) is 17.8 Å². The highest BCUT2D eigenvalue weighted by Crippen LogP contribution is 2.20. The monoisotopic (exact) mass is 311 g/mol. The molecule has 0 bridgehead atoms. The third kappa shape index (κ3) is 2.98. The molecular formula is C17H17N3O3. The van der Waals surface area contributed by atoms with Crippen LogP contribution in [0.1, 0.15) is 23.4 Å². The molecule has 1 aliphatic rings. The fourth-order valence-electron chi connectivity index (χ4n) is 2.81. The quantitative estimate of drug-likeness (QED) is 0.804. The number of benzene rings is 1. The fourth-order valence-corrected chi connectivity index (χ4v) is 2.81. The highest BCUT2D eigenvalue weighted by Gasteiger charge is 2.17. The predicted molar refractivity (Wildman–Crippen MR) is 85.4 cm³/mol. The molecule has 3 aromatic rings. The second kappa shape index (κ2) is 5.89. The standard InChI is InChI=1S/C17H17N3O3/c21-17(16-8-12-4-1-2-6-15(12)23-16)19-13-9-18-20(10-13)11-14-5-3-7-22-14/h1-2,4,6,8-10,14H,3,5,7,11H2,(H,19,21). The Labute approximate surface area is 133 Å². The largest absolute Gasteiger partial charge is 0.451 e. The highest BCUT2D eigenvalue weighted by atomic mass is 16.5. The molecule has 0 radical (unpaired) electrons. The van der Waals surface area contributed by atoms with E-state index in [0.717, 1.165) is 24.8 Å². The summed E-state index contributed by atoms with van der Waals surface area (Å²) in [5.41, 5.74) is 1.35. The Morgan fingerprint density at radius 2 is 2.30 bits per heavy atom. The zero-order valence-electron chi connectivity index (χ0n) is 12.6. The Morgan fingerprint density at radius 1 is 1.39 bits per heavy atom. The number of furan rings is 1. The number of nitrogens with zero attached hydrogens (tertiary/aromatic N) is 2. The molecule has 1 aromatic carbocycles. The number of para-hydroxylation sites is 1. The van der Waals surface area contributed by atoms with Crippen molar-refractivity contribution < 1.29 is 13.9 Å². The van der Waals surface area contributed by atoms with Crippen LogP contribution in [-0.4, -0.2) is 28.4 Å². The number of amides is 1. The molecule has 1 atom stereocenters. The minimum absolute atomic E-state index is 0.217. The van der Waals surface area contributed by atoms with E-state index in [1.165, 1.54) is 0 Å². The van der Waals surface area contributed by atoms with Crippen LogP contribution in [0.4, 0.5) is 5.69 Å². The van der Waals surface area contributed by atoms with Crippen molar-refractivity contribution in [2.24, 2.45) is 0 Å². The van der Waals surface area contributed by atoms with Gasteiger partial charge < -0.3 is 14.5 Å². The van der Waals surface area contributed by atoms with Gasteiger partial charge in [-0.05, 0) is 25.0 Å². The van der Waals surface area contributed by atoms with Crippen LogP contribution >= 0.6 is 0 Å². The van der Waals surface area contributed by atoms with Crippen molar-refractivity contribution in [3.63, 3.8) is 0 Å². The van der Waals surface area contributed by atoms with Gasteiger partial charge >= 0.3 is 0 Å². The number of carbonyl (C=O) groups is 1. The van der Waals surface area contributed by atoms with Crippen LogP contribution in [0.15, 0.2) is 47.1 Å². The summed E-state index contributed by atoms with van der Waals surface area (Å²) in [6, 6.07) is 9.28. The van der Waals surface area contributed by atoms with Crippen molar-refractivity contribution in [2.75, 3.05) is 11.9 Å². The minimum atomic E-state index is -0.280. The summed E-state index contributed by atoms with van der Waals surface area (Å²) in [4.78, 5) is 12.3. The van der Waals surface area contributed by atoms with Gasteiger partial charge in [-0.25, -0.2) is 0 Å². The summed E-state index contributed by atoms with van der Waals surface area (Å²) in [5.74, 6) is 0.0101. The maximum absolute atomic E-state index is 12.3. The molecule has 0 saturated carbocycles. The van der Waals surface area contributed by atoms with Crippen LogP contribution in [0.3, 0.4) is 0 Å². The number of hydrogen-bond donors (Lipinski definition) is 1. The van der Waals surface area contributed by atoms with Gasteiger partial charge in [0.15, 0.2) is 5.76 Å². The van der Waals surface area contributed by atoms with Gasteiger partial charge in [0.25, 0.3) is 5.91 Å². The van der Waals surface area contributed by atoms with Gasteiger partial charge in [0.1, 0.15) is 5.58 Å². The summed E-state index contributed by atoms with van der Waals surface area (Å²) in [5, 5.41) is 7.98. The van der Waals surface area contributed by atoms with Crippen LogP contribution in [0, 0.1) is 0 Å². The zero-order chi connectivity index (χ0) is 15.6. The van der Waals surface area contributed by atoms with Crippen molar-refractivity contribution >= 4 is 22.6 Å². The first kappa shape index (κ1) is 14.0. The van der Waals surface area contributed by atoms with E-state index in [2.05, 4.69) is 10.4 Å². The van der Waals surface area contributed by atoms with E-state index in [9.17, 15) is 4.79 Å².